The van der Waals surface area contributed by atoms with E-state index >= 15 is 0 Å². The number of benzene rings is 2. The first-order valence-corrected chi connectivity index (χ1v) is 11.6. The van der Waals surface area contributed by atoms with Crippen LogP contribution in [0.2, 0.25) is 0 Å². The Morgan fingerprint density at radius 2 is 1.27 bits per heavy atom. The first-order valence-electron chi connectivity index (χ1n) is 8.75. The summed E-state index contributed by atoms with van der Waals surface area (Å²) in [6, 6.07) is 11.0. The molecule has 0 bridgehead atoms. The van der Waals surface area contributed by atoms with Crippen molar-refractivity contribution in [3.8, 4) is 0 Å². The smallest absolute Gasteiger partial charge is 0.243 e. The summed E-state index contributed by atoms with van der Waals surface area (Å²) in [5.41, 5.74) is 0.711. The van der Waals surface area contributed by atoms with Crippen molar-refractivity contribution in [2.75, 3.05) is 33.0 Å². The molecular weight excluding hydrogens is 430 g/mol. The summed E-state index contributed by atoms with van der Waals surface area (Å²) in [6.07, 6.45) is 0. The van der Waals surface area contributed by atoms with E-state index in [1.807, 2.05) is 0 Å². The number of hydrogen-bond donors (Lipinski definition) is 1. The molecule has 9 nitrogen and oxygen atoms in total. The van der Waals surface area contributed by atoms with E-state index in [0.29, 0.717) is 11.3 Å². The van der Waals surface area contributed by atoms with Gasteiger partial charge in [-0.05, 0) is 43.3 Å². The summed E-state index contributed by atoms with van der Waals surface area (Å²) in [7, 11) is -3.43. The number of hydrogen-bond acceptors (Lipinski definition) is 6. The van der Waals surface area contributed by atoms with E-state index in [1.54, 1.807) is 0 Å². The predicted octanol–water partition coefficient (Wildman–Crippen LogP) is 1.40. The van der Waals surface area contributed by atoms with Gasteiger partial charge in [0.2, 0.25) is 26.0 Å². The molecule has 30 heavy (non-hydrogen) atoms. The van der Waals surface area contributed by atoms with Gasteiger partial charge < -0.3 is 5.32 Å². The number of nitrogens with one attached hydrogen (secondary N) is 1. The van der Waals surface area contributed by atoms with Crippen LogP contribution in [0.4, 0.5) is 5.69 Å². The number of likely N-dealkylation sites (N-methyl/N-ethyl adjacent to an activating group) is 1. The maximum Gasteiger partial charge on any atom is 0.243 e. The Morgan fingerprint density at radius 3 is 1.73 bits per heavy atom. The minimum absolute atomic E-state index is 0.0407. The third-order valence-electron chi connectivity index (χ3n) is 4.25. The largest absolute Gasteiger partial charge is 0.325 e. The molecule has 0 saturated heterocycles. The fourth-order valence-corrected chi connectivity index (χ4v) is 4.48. The van der Waals surface area contributed by atoms with Gasteiger partial charge in [-0.15, -0.1) is 0 Å². The molecule has 1 N–H and O–H groups in total. The zero-order valence-electron chi connectivity index (χ0n) is 17.0. The number of carbonyl (C=O) groups is 2. The fourth-order valence-electron chi connectivity index (χ4n) is 2.45. The summed E-state index contributed by atoms with van der Waals surface area (Å²) < 4.78 is 51.3. The highest BCUT2D eigenvalue weighted by Gasteiger charge is 2.23. The van der Waals surface area contributed by atoms with Crippen LogP contribution >= 0.6 is 0 Å². The molecule has 0 unspecified atom stereocenters. The molecule has 162 valence electrons. The molecule has 11 heteroatoms. The van der Waals surface area contributed by atoms with Crippen LogP contribution in [0.5, 0.6) is 0 Å². The topological polar surface area (TPSA) is 121 Å². The summed E-state index contributed by atoms with van der Waals surface area (Å²) in [5, 5.41) is 2.53. The number of amides is 1. The zero-order chi connectivity index (χ0) is 22.7. The molecule has 0 aliphatic carbocycles. The Bertz CT molecular complexity index is 1140. The first-order chi connectivity index (χ1) is 13.9. The van der Waals surface area contributed by atoms with Gasteiger partial charge >= 0.3 is 0 Å². The molecule has 0 spiro atoms. The maximum atomic E-state index is 12.6. The zero-order valence-corrected chi connectivity index (χ0v) is 18.6. The van der Waals surface area contributed by atoms with Gasteiger partial charge in [-0.25, -0.2) is 21.1 Å². The van der Waals surface area contributed by atoms with E-state index in [9.17, 15) is 26.4 Å². The Kier molecular flexibility index (Phi) is 7.14. The molecule has 2 aromatic rings. The second kappa shape index (κ2) is 9.04. The predicted molar refractivity (Wildman–Crippen MR) is 112 cm³/mol. The highest BCUT2D eigenvalue weighted by Crippen LogP contribution is 2.18. The molecule has 0 aromatic heterocycles. The minimum Gasteiger partial charge on any atom is -0.325 e. The molecule has 0 fully saturated rings. The highest BCUT2D eigenvalue weighted by atomic mass is 32.2. The van der Waals surface area contributed by atoms with Crippen molar-refractivity contribution in [2.45, 2.75) is 16.7 Å². The van der Waals surface area contributed by atoms with Crippen molar-refractivity contribution in [1.82, 2.24) is 8.61 Å². The Labute approximate surface area is 176 Å². The summed E-state index contributed by atoms with van der Waals surface area (Å²) in [6.45, 7) is 0.928. The number of Topliss-reactive ketones (excluding diaryl/α,β-unsaturated/α-hetero) is 1. The average molecular weight is 454 g/mol. The van der Waals surface area contributed by atoms with Gasteiger partial charge in [-0.3, -0.25) is 9.59 Å². The van der Waals surface area contributed by atoms with Crippen molar-refractivity contribution in [1.29, 1.82) is 0 Å². The number of rotatable bonds is 8. The van der Waals surface area contributed by atoms with Crippen LogP contribution < -0.4 is 5.32 Å². The van der Waals surface area contributed by atoms with Crippen LogP contribution in [-0.2, 0) is 24.8 Å². The van der Waals surface area contributed by atoms with Crippen LogP contribution in [0.1, 0.15) is 17.3 Å². The number of sulfonamides is 2. The summed E-state index contributed by atoms with van der Waals surface area (Å²) in [5.74, 6) is -0.777. The lowest BCUT2D eigenvalue weighted by Gasteiger charge is -2.17. The standard InChI is InChI=1S/C19H23N3O6S2/c1-14(23)15-5-9-18(10-6-15)30(27,28)22(4)13-19(24)20-16-7-11-17(12-8-16)29(25,26)21(2)3/h5-12H,13H2,1-4H3,(H,20,24). The quantitative estimate of drug-likeness (QED) is 0.603. The molecule has 0 aliphatic rings. The first kappa shape index (κ1) is 23.7. The molecule has 1 amide bonds. The number of anilines is 1. The van der Waals surface area contributed by atoms with Gasteiger partial charge in [0.05, 0.1) is 16.3 Å². The number of ketones is 1. The second-order valence-corrected chi connectivity index (χ2v) is 10.9. The Morgan fingerprint density at radius 1 is 0.800 bits per heavy atom. The second-order valence-electron chi connectivity index (χ2n) is 6.70. The lowest BCUT2D eigenvalue weighted by Crippen LogP contribution is -2.35. The summed E-state index contributed by atoms with van der Waals surface area (Å²) >= 11 is 0. The van der Waals surface area contributed by atoms with E-state index in [-0.39, 0.29) is 15.6 Å². The molecular formula is C19H23N3O6S2. The lowest BCUT2D eigenvalue weighted by molar-refractivity contribution is -0.116. The van der Waals surface area contributed by atoms with Crippen molar-refractivity contribution in [2.24, 2.45) is 0 Å². The Balaban J connectivity index is 2.07. The van der Waals surface area contributed by atoms with Gasteiger partial charge in [0, 0.05) is 32.4 Å². The third-order valence-corrected chi connectivity index (χ3v) is 7.90. The van der Waals surface area contributed by atoms with Gasteiger partial charge in [0.1, 0.15) is 0 Å². The molecule has 2 rings (SSSR count). The molecule has 0 radical (unpaired) electrons. The monoisotopic (exact) mass is 453 g/mol. The van der Waals surface area contributed by atoms with Crippen LogP contribution in [0.15, 0.2) is 58.3 Å². The van der Waals surface area contributed by atoms with E-state index in [1.165, 1.54) is 76.6 Å². The molecule has 0 saturated carbocycles. The van der Waals surface area contributed by atoms with Crippen LogP contribution in [-0.4, -0.2) is 64.8 Å². The normalized spacial score (nSPS) is 12.2. The molecule has 0 aliphatic heterocycles. The van der Waals surface area contributed by atoms with Gasteiger partial charge in [0.15, 0.2) is 5.78 Å². The molecule has 0 atom stereocenters. The van der Waals surface area contributed by atoms with E-state index in [4.69, 9.17) is 0 Å². The third kappa shape index (κ3) is 5.30. The number of nitrogens with zero attached hydrogens (tertiary/aromatic N) is 2. The van der Waals surface area contributed by atoms with Crippen LogP contribution in [0.3, 0.4) is 0 Å². The van der Waals surface area contributed by atoms with Crippen LogP contribution in [0.25, 0.3) is 0 Å². The maximum absolute atomic E-state index is 12.6. The fraction of sp³-hybridized carbons (Fsp3) is 0.263. The molecule has 0 heterocycles. The van der Waals surface area contributed by atoms with Gasteiger partial charge in [-0.2, -0.15) is 4.31 Å². The number of carbonyl (C=O) groups excluding carboxylic acids is 2. The lowest BCUT2D eigenvalue weighted by atomic mass is 10.2. The van der Waals surface area contributed by atoms with Crippen molar-refractivity contribution < 1.29 is 26.4 Å². The van der Waals surface area contributed by atoms with Crippen LogP contribution in [0, 0.1) is 0 Å². The van der Waals surface area contributed by atoms with Crippen molar-refractivity contribution in [3.63, 3.8) is 0 Å². The van der Waals surface area contributed by atoms with Gasteiger partial charge in [0.25, 0.3) is 0 Å². The average Bonchev–Trinajstić information content (AvgIpc) is 2.68. The molecule has 2 aromatic carbocycles. The van der Waals surface area contributed by atoms with E-state index in [0.717, 1.165) is 8.61 Å². The summed E-state index contributed by atoms with van der Waals surface area (Å²) in [4.78, 5) is 23.6. The van der Waals surface area contributed by atoms with E-state index < -0.39 is 32.5 Å². The van der Waals surface area contributed by atoms with E-state index in [2.05, 4.69) is 5.32 Å². The SMILES string of the molecule is CC(=O)c1ccc(S(=O)(=O)N(C)CC(=O)Nc2ccc(S(=O)(=O)N(C)C)cc2)cc1. The van der Waals surface area contributed by atoms with Crippen molar-refractivity contribution >= 4 is 37.4 Å². The van der Waals surface area contributed by atoms with Crippen molar-refractivity contribution in [3.05, 3.63) is 54.1 Å². The highest BCUT2D eigenvalue weighted by molar-refractivity contribution is 7.89. The Hall–Kier alpha value is -2.60. The minimum atomic E-state index is -3.93. The van der Waals surface area contributed by atoms with Gasteiger partial charge in [-0.1, -0.05) is 12.1 Å².